The van der Waals surface area contributed by atoms with Crippen molar-refractivity contribution in [2.45, 2.75) is 18.2 Å². The van der Waals surface area contributed by atoms with E-state index >= 15 is 0 Å². The van der Waals surface area contributed by atoms with E-state index in [0.717, 1.165) is 11.3 Å². The number of sulfonamides is 1. The fraction of sp³-hybridized carbons (Fsp3) is 0.500. The number of anilines is 1. The molecule has 0 saturated heterocycles. The van der Waals surface area contributed by atoms with Gasteiger partial charge in [0.1, 0.15) is 0 Å². The average Bonchev–Trinajstić information content (AvgIpc) is 2.87. The lowest BCUT2D eigenvalue weighted by Crippen LogP contribution is -2.32. The molecule has 0 unspecified atom stereocenters. The first-order valence-electron chi connectivity index (χ1n) is 6.90. The Kier molecular flexibility index (Phi) is 4.65. The number of likely N-dealkylation sites (N-methyl/N-ethyl adjacent to an activating group) is 2. The van der Waals surface area contributed by atoms with Crippen LogP contribution in [0.2, 0.25) is 0 Å². The lowest BCUT2D eigenvalue weighted by molar-refractivity contribution is -0.116. The van der Waals surface area contributed by atoms with Gasteiger partial charge >= 0.3 is 0 Å². The molecule has 1 aromatic carbocycles. The Bertz CT molecular complexity index is 643. The van der Waals surface area contributed by atoms with Gasteiger partial charge in [0.25, 0.3) is 0 Å². The SMILES string of the molecule is CNCCN(C)S(=O)(=O)c1ccc2c(c1)CCN2C(C)=O. The van der Waals surface area contributed by atoms with E-state index in [1.165, 1.54) is 11.2 Å². The highest BCUT2D eigenvalue weighted by molar-refractivity contribution is 7.89. The molecule has 0 spiro atoms. The Morgan fingerprint density at radius 1 is 1.43 bits per heavy atom. The third-order valence-corrected chi connectivity index (χ3v) is 5.56. The van der Waals surface area contributed by atoms with Gasteiger partial charge in [0.05, 0.1) is 4.90 Å². The second-order valence-electron chi connectivity index (χ2n) is 5.14. The third-order valence-electron chi connectivity index (χ3n) is 3.71. The summed E-state index contributed by atoms with van der Waals surface area (Å²) in [4.78, 5) is 13.5. The number of hydrogen-bond acceptors (Lipinski definition) is 4. The minimum absolute atomic E-state index is 0.0181. The van der Waals surface area contributed by atoms with Crippen LogP contribution in [0.3, 0.4) is 0 Å². The molecule has 0 saturated carbocycles. The maximum Gasteiger partial charge on any atom is 0.242 e. The molecule has 116 valence electrons. The largest absolute Gasteiger partial charge is 0.318 e. The molecule has 0 bridgehead atoms. The molecule has 1 aliphatic rings. The van der Waals surface area contributed by atoms with Crippen LogP contribution in [0.1, 0.15) is 12.5 Å². The number of fused-ring (bicyclic) bond motifs is 1. The molecule has 0 radical (unpaired) electrons. The van der Waals surface area contributed by atoms with Crippen molar-refractivity contribution >= 4 is 21.6 Å². The Balaban J connectivity index is 2.29. The predicted octanol–water partition coefficient (Wildman–Crippen LogP) is 0.435. The van der Waals surface area contributed by atoms with Crippen LogP contribution in [0, 0.1) is 0 Å². The lowest BCUT2D eigenvalue weighted by Gasteiger charge is -2.18. The van der Waals surface area contributed by atoms with Crippen LogP contribution in [0.25, 0.3) is 0 Å². The Hall–Kier alpha value is -1.44. The van der Waals surface area contributed by atoms with Crippen molar-refractivity contribution < 1.29 is 13.2 Å². The molecule has 0 fully saturated rings. The number of benzene rings is 1. The summed E-state index contributed by atoms with van der Waals surface area (Å²) in [7, 11) is -0.126. The van der Waals surface area contributed by atoms with E-state index in [0.29, 0.717) is 26.1 Å². The standard InChI is InChI=1S/C14H21N3O3S/c1-11(18)17-8-6-12-10-13(4-5-14(12)17)21(19,20)16(3)9-7-15-2/h4-5,10,15H,6-9H2,1-3H3. The third kappa shape index (κ3) is 3.09. The Morgan fingerprint density at radius 2 is 2.14 bits per heavy atom. The summed E-state index contributed by atoms with van der Waals surface area (Å²) in [5.41, 5.74) is 1.73. The highest BCUT2D eigenvalue weighted by Crippen LogP contribution is 2.30. The minimum atomic E-state index is -3.48. The molecule has 0 atom stereocenters. The Morgan fingerprint density at radius 3 is 2.76 bits per heavy atom. The van der Waals surface area contributed by atoms with Crippen molar-refractivity contribution in [2.24, 2.45) is 0 Å². The Labute approximate surface area is 125 Å². The molecule has 0 aliphatic carbocycles. The van der Waals surface area contributed by atoms with Crippen molar-refractivity contribution in [3.63, 3.8) is 0 Å². The first-order valence-corrected chi connectivity index (χ1v) is 8.34. The lowest BCUT2D eigenvalue weighted by atomic mass is 10.2. The summed E-state index contributed by atoms with van der Waals surface area (Å²) >= 11 is 0. The van der Waals surface area contributed by atoms with Gasteiger partial charge in [0.2, 0.25) is 15.9 Å². The number of hydrogen-bond donors (Lipinski definition) is 1. The van der Waals surface area contributed by atoms with Crippen LogP contribution in [-0.2, 0) is 21.2 Å². The topological polar surface area (TPSA) is 69.7 Å². The number of nitrogens with zero attached hydrogens (tertiary/aromatic N) is 2. The smallest absolute Gasteiger partial charge is 0.242 e. The van der Waals surface area contributed by atoms with Gasteiger partial charge in [-0.1, -0.05) is 0 Å². The van der Waals surface area contributed by atoms with Crippen molar-refractivity contribution in [3.8, 4) is 0 Å². The predicted molar refractivity (Wildman–Crippen MR) is 81.9 cm³/mol. The van der Waals surface area contributed by atoms with Gasteiger partial charge in [-0.25, -0.2) is 8.42 Å². The first kappa shape index (κ1) is 15.9. The summed E-state index contributed by atoms with van der Waals surface area (Å²) in [6.45, 7) is 3.14. The first-order chi connectivity index (χ1) is 9.87. The van der Waals surface area contributed by atoms with Crippen molar-refractivity contribution in [1.82, 2.24) is 9.62 Å². The minimum Gasteiger partial charge on any atom is -0.318 e. The van der Waals surface area contributed by atoms with E-state index < -0.39 is 10.0 Å². The van der Waals surface area contributed by atoms with Crippen LogP contribution in [0.15, 0.2) is 23.1 Å². The van der Waals surface area contributed by atoms with Gasteiger partial charge in [-0.05, 0) is 37.2 Å². The van der Waals surface area contributed by atoms with E-state index in [2.05, 4.69) is 5.32 Å². The zero-order chi connectivity index (χ0) is 15.6. The van der Waals surface area contributed by atoms with Crippen molar-refractivity contribution in [3.05, 3.63) is 23.8 Å². The number of amides is 1. The molecule has 1 heterocycles. The number of nitrogens with one attached hydrogen (secondary N) is 1. The van der Waals surface area contributed by atoms with Gasteiger partial charge in [-0.3, -0.25) is 4.79 Å². The molecule has 21 heavy (non-hydrogen) atoms. The molecule has 1 aromatic rings. The molecule has 1 N–H and O–H groups in total. The van der Waals surface area contributed by atoms with E-state index in [9.17, 15) is 13.2 Å². The van der Waals surface area contributed by atoms with Crippen LogP contribution < -0.4 is 10.2 Å². The molecule has 1 aliphatic heterocycles. The van der Waals surface area contributed by atoms with E-state index in [1.54, 1.807) is 37.2 Å². The molecule has 2 rings (SSSR count). The highest BCUT2D eigenvalue weighted by atomic mass is 32.2. The van der Waals surface area contributed by atoms with Crippen LogP contribution in [0.5, 0.6) is 0 Å². The molecule has 7 heteroatoms. The van der Waals surface area contributed by atoms with Crippen molar-refractivity contribution in [2.75, 3.05) is 38.6 Å². The molecular formula is C14H21N3O3S. The summed E-state index contributed by atoms with van der Waals surface area (Å²) in [6.07, 6.45) is 0.693. The maximum atomic E-state index is 12.5. The van der Waals surface area contributed by atoms with Gasteiger partial charge in [0, 0.05) is 39.3 Å². The van der Waals surface area contributed by atoms with E-state index in [-0.39, 0.29) is 10.8 Å². The van der Waals surface area contributed by atoms with Crippen molar-refractivity contribution in [1.29, 1.82) is 0 Å². The number of rotatable bonds is 5. The summed E-state index contributed by atoms with van der Waals surface area (Å²) in [5.74, 6) is -0.0181. The molecule has 6 nitrogen and oxygen atoms in total. The quantitative estimate of drug-likeness (QED) is 0.856. The van der Waals surface area contributed by atoms with Gasteiger partial charge in [0.15, 0.2) is 0 Å². The zero-order valence-corrected chi connectivity index (χ0v) is 13.4. The summed E-state index contributed by atoms with van der Waals surface area (Å²) in [6, 6.07) is 4.98. The average molecular weight is 311 g/mol. The summed E-state index contributed by atoms with van der Waals surface area (Å²) < 4.78 is 26.3. The molecule has 0 aromatic heterocycles. The number of carbonyl (C=O) groups excluding carboxylic acids is 1. The van der Waals surface area contributed by atoms with Gasteiger partial charge in [-0.15, -0.1) is 0 Å². The van der Waals surface area contributed by atoms with E-state index in [4.69, 9.17) is 0 Å². The molecular weight excluding hydrogens is 290 g/mol. The maximum absolute atomic E-state index is 12.5. The van der Waals surface area contributed by atoms with E-state index in [1.807, 2.05) is 0 Å². The van der Waals surface area contributed by atoms with Gasteiger partial charge < -0.3 is 10.2 Å². The molecule has 1 amide bonds. The monoisotopic (exact) mass is 311 g/mol. The second kappa shape index (κ2) is 6.13. The normalized spacial score (nSPS) is 14.6. The fourth-order valence-corrected chi connectivity index (χ4v) is 3.66. The van der Waals surface area contributed by atoms with Crippen LogP contribution in [0.4, 0.5) is 5.69 Å². The highest BCUT2D eigenvalue weighted by Gasteiger charge is 2.26. The second-order valence-corrected chi connectivity index (χ2v) is 7.19. The number of carbonyl (C=O) groups is 1. The zero-order valence-electron chi connectivity index (χ0n) is 12.6. The van der Waals surface area contributed by atoms with Gasteiger partial charge in [-0.2, -0.15) is 4.31 Å². The summed E-state index contributed by atoms with van der Waals surface area (Å²) in [5, 5.41) is 2.93. The fourth-order valence-electron chi connectivity index (χ4n) is 2.44. The van der Waals surface area contributed by atoms with Crippen LogP contribution >= 0.6 is 0 Å². The van der Waals surface area contributed by atoms with Crippen LogP contribution in [-0.4, -0.2) is 52.4 Å².